The number of amides is 1. The average Bonchev–Trinajstić information content (AvgIpc) is 2.75. The van der Waals surface area contributed by atoms with Crippen molar-refractivity contribution in [1.29, 1.82) is 0 Å². The van der Waals surface area contributed by atoms with Crippen molar-refractivity contribution in [3.63, 3.8) is 0 Å². The van der Waals surface area contributed by atoms with Crippen molar-refractivity contribution in [3.8, 4) is 0 Å². The molecule has 0 aliphatic heterocycles. The van der Waals surface area contributed by atoms with Gasteiger partial charge < -0.3 is 10.6 Å². The second-order valence-corrected chi connectivity index (χ2v) is 7.53. The lowest BCUT2D eigenvalue weighted by atomic mass is 10.1. The molecule has 4 rings (SSSR count). The molecule has 156 valence electrons. The molecule has 0 aliphatic carbocycles. The summed E-state index contributed by atoms with van der Waals surface area (Å²) >= 11 is 6.07. The first-order chi connectivity index (χ1) is 15.0. The molecule has 1 aromatic heterocycles. The van der Waals surface area contributed by atoms with E-state index in [9.17, 15) is 9.18 Å². The second-order valence-electron chi connectivity index (χ2n) is 7.20. The number of hydrogen-bond acceptors (Lipinski definition) is 4. The molecule has 0 aliphatic rings. The summed E-state index contributed by atoms with van der Waals surface area (Å²) in [5.74, 6) is 0.0530. The first-order valence-electron chi connectivity index (χ1n) is 9.81. The number of fused-ring (bicyclic) bond motifs is 1. The molecule has 0 fully saturated rings. The normalized spacial score (nSPS) is 10.8. The highest BCUT2D eigenvalue weighted by Crippen LogP contribution is 2.23. The van der Waals surface area contributed by atoms with Crippen LogP contribution in [0.2, 0.25) is 5.28 Å². The second kappa shape index (κ2) is 9.10. The fourth-order valence-corrected chi connectivity index (χ4v) is 3.41. The minimum atomic E-state index is -0.373. The van der Waals surface area contributed by atoms with Crippen molar-refractivity contribution in [3.05, 3.63) is 94.5 Å². The van der Waals surface area contributed by atoms with Crippen molar-refractivity contribution in [2.45, 2.75) is 13.3 Å². The summed E-state index contributed by atoms with van der Waals surface area (Å²) in [6.45, 7) is 2.67. The summed E-state index contributed by atoms with van der Waals surface area (Å²) in [6, 6.07) is 19.0. The van der Waals surface area contributed by atoms with Gasteiger partial charge in [0.2, 0.25) is 5.28 Å². The minimum absolute atomic E-state index is 0.210. The van der Waals surface area contributed by atoms with Crippen molar-refractivity contribution in [2.24, 2.45) is 0 Å². The molecule has 4 aromatic rings. The van der Waals surface area contributed by atoms with Crippen LogP contribution in [0.25, 0.3) is 10.9 Å². The number of anilines is 2. The number of nitrogens with one attached hydrogen (secondary N) is 2. The summed E-state index contributed by atoms with van der Waals surface area (Å²) in [4.78, 5) is 20.8. The van der Waals surface area contributed by atoms with Gasteiger partial charge in [0, 0.05) is 23.2 Å². The van der Waals surface area contributed by atoms with Gasteiger partial charge in [0.1, 0.15) is 11.6 Å². The number of aromatic nitrogens is 2. The van der Waals surface area contributed by atoms with E-state index in [0.717, 1.165) is 28.5 Å². The van der Waals surface area contributed by atoms with Crippen LogP contribution < -0.4 is 10.6 Å². The number of aryl methyl sites for hydroxylation is 1. The fraction of sp³-hybridized carbons (Fsp3) is 0.125. The van der Waals surface area contributed by atoms with Crippen LogP contribution >= 0.6 is 11.6 Å². The number of carbonyl (C=O) groups excluding carboxylic acids is 1. The molecule has 0 spiro atoms. The predicted molar refractivity (Wildman–Crippen MR) is 122 cm³/mol. The molecular weight excluding hydrogens is 415 g/mol. The lowest BCUT2D eigenvalue weighted by Gasteiger charge is -2.10. The Morgan fingerprint density at radius 1 is 1.00 bits per heavy atom. The Morgan fingerprint density at radius 2 is 1.74 bits per heavy atom. The van der Waals surface area contributed by atoms with Gasteiger partial charge in [-0.2, -0.15) is 0 Å². The summed E-state index contributed by atoms with van der Waals surface area (Å²) in [7, 11) is 0. The molecular formula is C24H20ClFN4O. The average molecular weight is 435 g/mol. The van der Waals surface area contributed by atoms with Gasteiger partial charge in [-0.3, -0.25) is 4.79 Å². The smallest absolute Gasteiger partial charge is 0.255 e. The minimum Gasteiger partial charge on any atom is -0.369 e. The van der Waals surface area contributed by atoms with E-state index < -0.39 is 0 Å². The number of rotatable bonds is 6. The zero-order chi connectivity index (χ0) is 21.8. The monoisotopic (exact) mass is 434 g/mol. The van der Waals surface area contributed by atoms with Crippen molar-refractivity contribution < 1.29 is 9.18 Å². The molecule has 0 atom stereocenters. The Bertz CT molecular complexity index is 1220. The van der Waals surface area contributed by atoms with Crippen LogP contribution in [-0.4, -0.2) is 22.4 Å². The van der Waals surface area contributed by atoms with Gasteiger partial charge in [-0.15, -0.1) is 0 Å². The number of halogens is 2. The summed E-state index contributed by atoms with van der Waals surface area (Å²) in [6.07, 6.45) is 0.765. The maximum atomic E-state index is 13.0. The van der Waals surface area contributed by atoms with E-state index >= 15 is 0 Å². The quantitative estimate of drug-likeness (QED) is 0.385. The van der Waals surface area contributed by atoms with Gasteiger partial charge in [0.05, 0.1) is 5.52 Å². The molecule has 3 aromatic carbocycles. The molecule has 0 unspecified atom stereocenters. The summed E-state index contributed by atoms with van der Waals surface area (Å²) in [5, 5.41) is 7.28. The maximum Gasteiger partial charge on any atom is 0.255 e. The number of hydrogen-bond donors (Lipinski definition) is 2. The molecule has 1 heterocycles. The van der Waals surface area contributed by atoms with E-state index in [1.54, 1.807) is 0 Å². The highest BCUT2D eigenvalue weighted by Gasteiger charge is 2.08. The van der Waals surface area contributed by atoms with E-state index in [0.29, 0.717) is 23.6 Å². The van der Waals surface area contributed by atoms with Gasteiger partial charge in [-0.25, -0.2) is 14.4 Å². The summed E-state index contributed by atoms with van der Waals surface area (Å²) < 4.78 is 13.0. The third-order valence-corrected chi connectivity index (χ3v) is 5.02. The van der Waals surface area contributed by atoms with Crippen LogP contribution in [0.5, 0.6) is 0 Å². The molecule has 0 radical (unpaired) electrons. The number of carbonyl (C=O) groups is 1. The van der Waals surface area contributed by atoms with E-state index in [4.69, 9.17) is 11.6 Å². The third-order valence-electron chi connectivity index (χ3n) is 4.85. The zero-order valence-corrected chi connectivity index (χ0v) is 17.6. The maximum absolute atomic E-state index is 13.0. The standard InChI is InChI=1S/C24H20ClFN4O/c1-15-2-11-20-21(14-15)29-24(25)30-22(20)27-13-12-16-3-9-19(10-4-16)28-23(31)17-5-7-18(26)8-6-17/h2-11,14H,12-13H2,1H3,(H,28,31)(H,27,29,30). The molecule has 0 bridgehead atoms. The first-order valence-corrected chi connectivity index (χ1v) is 10.2. The van der Waals surface area contributed by atoms with Gasteiger partial charge in [-0.1, -0.05) is 18.2 Å². The summed E-state index contributed by atoms with van der Waals surface area (Å²) in [5.41, 5.74) is 4.10. The number of nitrogens with zero attached hydrogens (tertiary/aromatic N) is 2. The van der Waals surface area contributed by atoms with E-state index in [2.05, 4.69) is 20.6 Å². The van der Waals surface area contributed by atoms with Crippen LogP contribution in [0.4, 0.5) is 15.9 Å². The third kappa shape index (κ3) is 5.16. The van der Waals surface area contributed by atoms with Crippen LogP contribution in [0.1, 0.15) is 21.5 Å². The zero-order valence-electron chi connectivity index (χ0n) is 16.8. The SMILES string of the molecule is Cc1ccc2c(NCCc3ccc(NC(=O)c4ccc(F)cc4)cc3)nc(Cl)nc2c1. The lowest BCUT2D eigenvalue weighted by Crippen LogP contribution is -2.12. The molecule has 2 N–H and O–H groups in total. The van der Waals surface area contributed by atoms with Gasteiger partial charge in [0.25, 0.3) is 5.91 Å². The van der Waals surface area contributed by atoms with Crippen molar-refractivity contribution in [2.75, 3.05) is 17.2 Å². The van der Waals surface area contributed by atoms with Gasteiger partial charge >= 0.3 is 0 Å². The fourth-order valence-electron chi connectivity index (χ4n) is 3.23. The molecule has 1 amide bonds. The largest absolute Gasteiger partial charge is 0.369 e. The molecule has 0 saturated heterocycles. The Morgan fingerprint density at radius 3 is 2.48 bits per heavy atom. The highest BCUT2D eigenvalue weighted by atomic mass is 35.5. The van der Waals surface area contributed by atoms with Gasteiger partial charge in [-0.05, 0) is 84.6 Å². The van der Waals surface area contributed by atoms with E-state index in [-0.39, 0.29) is 17.0 Å². The number of benzene rings is 3. The topological polar surface area (TPSA) is 66.9 Å². The van der Waals surface area contributed by atoms with Crippen LogP contribution in [0.3, 0.4) is 0 Å². The Kier molecular flexibility index (Phi) is 6.09. The van der Waals surface area contributed by atoms with Crippen LogP contribution in [-0.2, 0) is 6.42 Å². The van der Waals surface area contributed by atoms with Gasteiger partial charge in [0.15, 0.2) is 0 Å². The van der Waals surface area contributed by atoms with Crippen molar-refractivity contribution in [1.82, 2.24) is 9.97 Å². The van der Waals surface area contributed by atoms with Crippen LogP contribution in [0.15, 0.2) is 66.7 Å². The van der Waals surface area contributed by atoms with Crippen LogP contribution in [0, 0.1) is 12.7 Å². The Balaban J connectivity index is 1.36. The van der Waals surface area contributed by atoms with E-state index in [1.165, 1.54) is 24.3 Å². The highest BCUT2D eigenvalue weighted by molar-refractivity contribution is 6.28. The van der Waals surface area contributed by atoms with E-state index in [1.807, 2.05) is 49.4 Å². The molecule has 0 saturated carbocycles. The molecule has 7 heteroatoms. The molecule has 5 nitrogen and oxygen atoms in total. The van der Waals surface area contributed by atoms with Crippen molar-refractivity contribution >= 4 is 39.9 Å². The Labute approximate surface area is 184 Å². The lowest BCUT2D eigenvalue weighted by molar-refractivity contribution is 0.102. The molecule has 31 heavy (non-hydrogen) atoms. The Hall–Kier alpha value is -3.51. The first kappa shape index (κ1) is 20.8. The predicted octanol–water partition coefficient (Wildman–Crippen LogP) is 5.64.